The number of hydrogen-bond acceptors (Lipinski definition) is 3. The van der Waals surface area contributed by atoms with Gasteiger partial charge in [0.05, 0.1) is 16.5 Å². The number of benzene rings is 1. The largest absolute Gasteiger partial charge is 0.300 e. The molecule has 5 heteroatoms. The summed E-state index contributed by atoms with van der Waals surface area (Å²) in [6, 6.07) is 8.53. The summed E-state index contributed by atoms with van der Waals surface area (Å²) in [6.45, 7) is 5.17. The Bertz CT molecular complexity index is 1090. The molecule has 0 saturated carbocycles. The first kappa shape index (κ1) is 13.7. The molecule has 0 spiro atoms. The van der Waals surface area contributed by atoms with Gasteiger partial charge in [0.25, 0.3) is 0 Å². The van der Waals surface area contributed by atoms with Crippen LogP contribution < -0.4 is 0 Å². The number of H-pyrrole nitrogens is 1. The molecule has 120 valence electrons. The van der Waals surface area contributed by atoms with Crippen LogP contribution in [-0.4, -0.2) is 25.0 Å². The highest BCUT2D eigenvalue weighted by atomic mass is 15.3. The molecule has 1 aliphatic rings. The van der Waals surface area contributed by atoms with Crippen molar-refractivity contribution in [2.45, 2.75) is 39.7 Å². The van der Waals surface area contributed by atoms with Crippen molar-refractivity contribution < 1.29 is 0 Å². The third-order valence-corrected chi connectivity index (χ3v) is 5.11. The maximum Gasteiger partial charge on any atom is 0.158 e. The van der Waals surface area contributed by atoms with Crippen molar-refractivity contribution in [2.75, 3.05) is 0 Å². The Morgan fingerprint density at radius 1 is 1.08 bits per heavy atom. The van der Waals surface area contributed by atoms with E-state index in [4.69, 9.17) is 4.98 Å². The van der Waals surface area contributed by atoms with Crippen LogP contribution in [0.1, 0.15) is 30.8 Å². The number of aromatic nitrogens is 5. The van der Waals surface area contributed by atoms with E-state index in [9.17, 15) is 0 Å². The van der Waals surface area contributed by atoms with Crippen molar-refractivity contribution in [3.63, 3.8) is 0 Å². The Kier molecular flexibility index (Phi) is 2.80. The maximum atomic E-state index is 5.04. The first-order valence-electron chi connectivity index (χ1n) is 8.66. The molecule has 0 unspecified atom stereocenters. The number of aromatic amines is 1. The van der Waals surface area contributed by atoms with Gasteiger partial charge in [-0.2, -0.15) is 0 Å². The lowest BCUT2D eigenvalue weighted by atomic mass is 10.0. The van der Waals surface area contributed by atoms with Crippen LogP contribution in [0.2, 0.25) is 0 Å². The monoisotopic (exact) mass is 317 g/mol. The fourth-order valence-corrected chi connectivity index (χ4v) is 3.93. The van der Waals surface area contributed by atoms with E-state index < -0.39 is 0 Å². The molecule has 3 aromatic heterocycles. The Morgan fingerprint density at radius 2 is 1.96 bits per heavy atom. The molecule has 0 saturated heterocycles. The van der Waals surface area contributed by atoms with Crippen LogP contribution in [0.25, 0.3) is 33.2 Å². The van der Waals surface area contributed by atoms with E-state index in [1.807, 2.05) is 0 Å². The molecule has 0 aliphatic heterocycles. The summed E-state index contributed by atoms with van der Waals surface area (Å²) in [7, 11) is 0. The summed E-state index contributed by atoms with van der Waals surface area (Å²) in [5.74, 6) is 0. The van der Waals surface area contributed by atoms with Gasteiger partial charge in [0.1, 0.15) is 11.2 Å². The number of nitrogens with one attached hydrogen (secondary N) is 1. The topological polar surface area (TPSA) is 59.4 Å². The number of nitrogens with zero attached hydrogens (tertiary/aromatic N) is 4. The summed E-state index contributed by atoms with van der Waals surface area (Å²) in [5, 5.41) is 14.9. The molecule has 3 heterocycles. The second-order valence-corrected chi connectivity index (χ2v) is 6.37. The third kappa shape index (κ3) is 1.67. The van der Waals surface area contributed by atoms with Gasteiger partial charge < -0.3 is 5.10 Å². The lowest BCUT2D eigenvalue weighted by molar-refractivity contribution is 0.662. The van der Waals surface area contributed by atoms with E-state index in [1.54, 1.807) is 0 Å². The zero-order valence-electron chi connectivity index (χ0n) is 13.9. The standard InChI is InChI=1S/C19H19N5/c1-3-13-16-18-15-14(20-19(16)24(4-2)23-13)10-9-11-7-5-6-8-12(11)17(15)21-22-18/h5-8,23H,3-4,9-10H2,1-2H3. The van der Waals surface area contributed by atoms with E-state index in [-0.39, 0.29) is 0 Å². The Labute approximate surface area is 139 Å². The predicted octanol–water partition coefficient (Wildman–Crippen LogP) is 3.66. The van der Waals surface area contributed by atoms with E-state index in [0.717, 1.165) is 59.1 Å². The van der Waals surface area contributed by atoms with Gasteiger partial charge in [-0.15, -0.1) is 10.2 Å². The van der Waals surface area contributed by atoms with Gasteiger partial charge >= 0.3 is 0 Å². The smallest absolute Gasteiger partial charge is 0.158 e. The summed E-state index contributed by atoms with van der Waals surface area (Å²) in [6.07, 6.45) is 2.86. The van der Waals surface area contributed by atoms with Gasteiger partial charge in [0.2, 0.25) is 0 Å². The Morgan fingerprint density at radius 3 is 2.79 bits per heavy atom. The molecule has 24 heavy (non-hydrogen) atoms. The number of aryl methyl sites for hydroxylation is 4. The summed E-state index contributed by atoms with van der Waals surface area (Å²) < 4.78 is 2.12. The van der Waals surface area contributed by atoms with Crippen molar-refractivity contribution in [1.82, 2.24) is 25.0 Å². The minimum absolute atomic E-state index is 0.871. The van der Waals surface area contributed by atoms with Gasteiger partial charge in [-0.3, -0.25) is 4.68 Å². The summed E-state index contributed by atoms with van der Waals surface area (Å²) >= 11 is 0. The summed E-state index contributed by atoms with van der Waals surface area (Å²) in [4.78, 5) is 5.04. The third-order valence-electron chi connectivity index (χ3n) is 5.11. The molecule has 0 radical (unpaired) electrons. The van der Waals surface area contributed by atoms with Crippen molar-refractivity contribution in [2.24, 2.45) is 0 Å². The molecule has 1 N–H and O–H groups in total. The van der Waals surface area contributed by atoms with Gasteiger partial charge in [-0.1, -0.05) is 31.2 Å². The zero-order chi connectivity index (χ0) is 16.3. The first-order valence-corrected chi connectivity index (χ1v) is 8.66. The van der Waals surface area contributed by atoms with Crippen LogP contribution in [0, 0.1) is 0 Å². The zero-order valence-corrected chi connectivity index (χ0v) is 13.9. The van der Waals surface area contributed by atoms with Crippen LogP contribution in [0.3, 0.4) is 0 Å². The molecule has 0 fully saturated rings. The average molecular weight is 317 g/mol. The molecule has 1 aromatic carbocycles. The molecule has 0 amide bonds. The lowest BCUT2D eigenvalue weighted by Crippen LogP contribution is -2.00. The van der Waals surface area contributed by atoms with Gasteiger partial charge in [0, 0.05) is 17.8 Å². The number of rotatable bonds is 2. The minimum atomic E-state index is 0.871. The molecular weight excluding hydrogens is 298 g/mol. The van der Waals surface area contributed by atoms with Crippen molar-refractivity contribution in [1.29, 1.82) is 0 Å². The van der Waals surface area contributed by atoms with E-state index in [1.165, 1.54) is 16.8 Å². The quantitative estimate of drug-likeness (QED) is 0.614. The second kappa shape index (κ2) is 4.90. The van der Waals surface area contributed by atoms with Crippen molar-refractivity contribution >= 4 is 21.9 Å². The van der Waals surface area contributed by atoms with Crippen LogP contribution in [0.5, 0.6) is 0 Å². The van der Waals surface area contributed by atoms with Crippen molar-refractivity contribution in [3.8, 4) is 11.3 Å². The molecule has 5 rings (SSSR count). The molecule has 5 nitrogen and oxygen atoms in total. The predicted molar refractivity (Wildman–Crippen MR) is 95.1 cm³/mol. The van der Waals surface area contributed by atoms with E-state index in [0.29, 0.717) is 0 Å². The Balaban J connectivity index is 1.94. The average Bonchev–Trinajstić information content (AvgIpc) is 3.16. The van der Waals surface area contributed by atoms with Crippen molar-refractivity contribution in [3.05, 3.63) is 41.2 Å². The molecule has 4 aromatic rings. The second-order valence-electron chi connectivity index (χ2n) is 6.37. The lowest BCUT2D eigenvalue weighted by Gasteiger charge is -2.04. The van der Waals surface area contributed by atoms with E-state index >= 15 is 0 Å². The minimum Gasteiger partial charge on any atom is -0.300 e. The fourth-order valence-electron chi connectivity index (χ4n) is 3.93. The highest BCUT2D eigenvalue weighted by molar-refractivity contribution is 6.10. The maximum absolute atomic E-state index is 5.04. The highest BCUT2D eigenvalue weighted by Gasteiger charge is 2.25. The SMILES string of the molecule is CCc1[nH]n(CC)c2nc3c4c(nnc4c12)-c1ccccc1CC3. The normalized spacial score (nSPS) is 13.4. The highest BCUT2D eigenvalue weighted by Crippen LogP contribution is 2.38. The van der Waals surface area contributed by atoms with Gasteiger partial charge in [-0.25, -0.2) is 4.98 Å². The fraction of sp³-hybridized carbons (Fsp3) is 0.316. The molecule has 0 atom stereocenters. The molecule has 0 bridgehead atoms. The Hall–Kier alpha value is -2.69. The number of hydrogen-bond donors (Lipinski definition) is 1. The molecular formula is C19H19N5. The van der Waals surface area contributed by atoms with E-state index in [2.05, 4.69) is 58.1 Å². The van der Waals surface area contributed by atoms with Crippen LogP contribution in [0.15, 0.2) is 24.3 Å². The van der Waals surface area contributed by atoms with Crippen LogP contribution in [-0.2, 0) is 25.8 Å². The van der Waals surface area contributed by atoms with Crippen LogP contribution in [0.4, 0.5) is 0 Å². The van der Waals surface area contributed by atoms with Crippen LogP contribution >= 0.6 is 0 Å². The number of fused-ring (bicyclic) bond motifs is 4. The van der Waals surface area contributed by atoms with Gasteiger partial charge in [-0.05, 0) is 31.7 Å². The first-order chi connectivity index (χ1) is 11.8. The number of pyridine rings is 1. The van der Waals surface area contributed by atoms with Gasteiger partial charge in [0.15, 0.2) is 5.65 Å². The molecule has 1 aliphatic carbocycles. The summed E-state index contributed by atoms with van der Waals surface area (Å²) in [5.41, 5.74) is 7.86.